The van der Waals surface area contributed by atoms with Gasteiger partial charge in [-0.25, -0.2) is 0 Å². The number of nitrogens with two attached hydrogens (primary N) is 1. The number of halogens is 1. The van der Waals surface area contributed by atoms with Crippen molar-refractivity contribution in [3.8, 4) is 5.75 Å². The first-order chi connectivity index (χ1) is 9.69. The lowest BCUT2D eigenvalue weighted by atomic mass is 10.0. The highest BCUT2D eigenvalue weighted by atomic mass is 35.5. The van der Waals surface area contributed by atoms with Gasteiger partial charge in [0.05, 0.1) is 30.1 Å². The van der Waals surface area contributed by atoms with E-state index in [0.29, 0.717) is 11.4 Å². The van der Waals surface area contributed by atoms with Crippen LogP contribution in [0.5, 0.6) is 5.75 Å². The second-order valence-electron chi connectivity index (χ2n) is 4.47. The Morgan fingerprint density at radius 1 is 1.50 bits per heavy atom. The Kier molecular flexibility index (Phi) is 5.00. The second-order valence-corrected chi connectivity index (χ2v) is 4.88. The molecule has 2 rings (SSSR count). The summed E-state index contributed by atoms with van der Waals surface area (Å²) in [5, 5.41) is 4.87. The van der Waals surface area contributed by atoms with Crippen LogP contribution in [-0.2, 0) is 13.0 Å². The number of nitrogens with one attached hydrogen (secondary N) is 1. The highest BCUT2D eigenvalue weighted by molar-refractivity contribution is 6.31. The monoisotopic (exact) mass is 294 g/mol. The summed E-state index contributed by atoms with van der Waals surface area (Å²) < 4.78 is 7.09. The zero-order valence-corrected chi connectivity index (χ0v) is 12.4. The molecule has 3 N–H and O–H groups in total. The van der Waals surface area contributed by atoms with E-state index >= 15 is 0 Å². The van der Waals surface area contributed by atoms with Crippen LogP contribution >= 0.6 is 11.6 Å². The molecule has 1 unspecified atom stereocenters. The lowest BCUT2D eigenvalue weighted by molar-refractivity contribution is 0.413. The fraction of sp³-hybridized carbons (Fsp3) is 0.357. The Hall–Kier alpha value is -1.56. The molecule has 1 heterocycles. The molecule has 20 heavy (non-hydrogen) atoms. The van der Waals surface area contributed by atoms with Gasteiger partial charge in [0.1, 0.15) is 5.75 Å². The number of hydrogen-bond donors (Lipinski definition) is 2. The summed E-state index contributed by atoms with van der Waals surface area (Å²) in [4.78, 5) is 0. The van der Waals surface area contributed by atoms with Gasteiger partial charge < -0.3 is 4.74 Å². The molecule has 0 saturated heterocycles. The summed E-state index contributed by atoms with van der Waals surface area (Å²) in [7, 11) is 1.65. The molecule has 0 amide bonds. The summed E-state index contributed by atoms with van der Waals surface area (Å²) in [5.74, 6) is 6.52. The van der Waals surface area contributed by atoms with Gasteiger partial charge in [0.25, 0.3) is 0 Å². The number of rotatable bonds is 6. The van der Waals surface area contributed by atoms with Crippen molar-refractivity contribution in [2.45, 2.75) is 25.9 Å². The van der Waals surface area contributed by atoms with Crippen LogP contribution in [0.1, 0.15) is 24.2 Å². The van der Waals surface area contributed by atoms with Gasteiger partial charge >= 0.3 is 0 Å². The predicted molar refractivity (Wildman–Crippen MR) is 79.7 cm³/mol. The van der Waals surface area contributed by atoms with Crippen molar-refractivity contribution in [2.24, 2.45) is 5.84 Å². The normalized spacial score (nSPS) is 12.4. The van der Waals surface area contributed by atoms with Gasteiger partial charge in [0.2, 0.25) is 0 Å². The van der Waals surface area contributed by atoms with E-state index in [1.807, 2.05) is 35.9 Å². The predicted octanol–water partition coefficient (Wildman–Crippen LogP) is 2.31. The van der Waals surface area contributed by atoms with Crippen LogP contribution in [0.4, 0.5) is 0 Å². The minimum absolute atomic E-state index is 0.0999. The van der Waals surface area contributed by atoms with Crippen LogP contribution in [0, 0.1) is 0 Å². The Labute approximate surface area is 123 Å². The molecule has 108 valence electrons. The average molecular weight is 295 g/mol. The molecule has 0 bridgehead atoms. The van der Waals surface area contributed by atoms with E-state index in [0.717, 1.165) is 23.6 Å². The fourth-order valence-corrected chi connectivity index (χ4v) is 2.51. The van der Waals surface area contributed by atoms with Gasteiger partial charge in [-0.15, -0.1) is 0 Å². The van der Waals surface area contributed by atoms with Crippen LogP contribution in [0.25, 0.3) is 0 Å². The lowest BCUT2D eigenvalue weighted by Gasteiger charge is -2.18. The van der Waals surface area contributed by atoms with E-state index in [2.05, 4.69) is 10.5 Å². The first-order valence-corrected chi connectivity index (χ1v) is 6.87. The molecule has 6 heteroatoms. The van der Waals surface area contributed by atoms with Crippen LogP contribution < -0.4 is 16.0 Å². The van der Waals surface area contributed by atoms with Gasteiger partial charge in [0.15, 0.2) is 0 Å². The number of aromatic nitrogens is 2. The molecule has 0 fully saturated rings. The molecule has 1 aromatic carbocycles. The van der Waals surface area contributed by atoms with Gasteiger partial charge in [-0.1, -0.05) is 23.7 Å². The molecule has 0 aliphatic rings. The van der Waals surface area contributed by atoms with Crippen molar-refractivity contribution in [1.29, 1.82) is 0 Å². The van der Waals surface area contributed by atoms with Crippen molar-refractivity contribution in [3.63, 3.8) is 0 Å². The largest absolute Gasteiger partial charge is 0.497 e. The van der Waals surface area contributed by atoms with Crippen molar-refractivity contribution in [2.75, 3.05) is 7.11 Å². The van der Waals surface area contributed by atoms with E-state index < -0.39 is 0 Å². The zero-order valence-electron chi connectivity index (χ0n) is 11.6. The molecule has 0 aliphatic carbocycles. The molecule has 2 aromatic rings. The third kappa shape index (κ3) is 3.12. The first-order valence-electron chi connectivity index (χ1n) is 6.49. The Bertz CT molecular complexity index is 570. The molecular weight excluding hydrogens is 276 g/mol. The van der Waals surface area contributed by atoms with Crippen LogP contribution in [-0.4, -0.2) is 16.9 Å². The van der Waals surface area contributed by atoms with E-state index in [-0.39, 0.29) is 6.04 Å². The number of methoxy groups -OCH3 is 1. The van der Waals surface area contributed by atoms with Crippen molar-refractivity contribution in [3.05, 3.63) is 46.7 Å². The van der Waals surface area contributed by atoms with E-state index in [1.54, 1.807) is 13.3 Å². The van der Waals surface area contributed by atoms with Crippen LogP contribution in [0.15, 0.2) is 30.5 Å². The summed E-state index contributed by atoms with van der Waals surface area (Å²) in [6.07, 6.45) is 2.36. The lowest BCUT2D eigenvalue weighted by Crippen LogP contribution is -2.31. The van der Waals surface area contributed by atoms with Gasteiger partial charge in [-0.2, -0.15) is 5.10 Å². The average Bonchev–Trinajstić information content (AvgIpc) is 2.86. The number of aryl methyl sites for hydroxylation is 1. The van der Waals surface area contributed by atoms with Crippen molar-refractivity contribution < 1.29 is 4.74 Å². The van der Waals surface area contributed by atoms with E-state index in [9.17, 15) is 0 Å². The highest BCUT2D eigenvalue weighted by Gasteiger charge is 2.19. The molecular formula is C14H19ClN4O. The summed E-state index contributed by atoms with van der Waals surface area (Å²) in [5.41, 5.74) is 4.84. The zero-order chi connectivity index (χ0) is 14.5. The molecule has 5 nitrogen and oxygen atoms in total. The Balaban J connectivity index is 2.26. The van der Waals surface area contributed by atoms with Crippen LogP contribution in [0.3, 0.4) is 0 Å². The van der Waals surface area contributed by atoms with Crippen LogP contribution in [0.2, 0.25) is 5.02 Å². The van der Waals surface area contributed by atoms with E-state index in [1.165, 1.54) is 0 Å². The number of ether oxygens (including phenoxy) is 1. The summed E-state index contributed by atoms with van der Waals surface area (Å²) in [6, 6.07) is 7.80. The fourth-order valence-electron chi connectivity index (χ4n) is 2.24. The smallest absolute Gasteiger partial charge is 0.119 e. The topological polar surface area (TPSA) is 65.1 Å². The SMILES string of the molecule is CCn1ncc(Cl)c1C(Cc1cccc(OC)c1)NN. The van der Waals surface area contributed by atoms with E-state index in [4.69, 9.17) is 22.2 Å². The quantitative estimate of drug-likeness (QED) is 0.634. The molecule has 0 saturated carbocycles. The third-order valence-electron chi connectivity index (χ3n) is 3.24. The summed E-state index contributed by atoms with van der Waals surface area (Å²) in [6.45, 7) is 2.77. The minimum Gasteiger partial charge on any atom is -0.497 e. The van der Waals surface area contributed by atoms with Gasteiger partial charge in [-0.3, -0.25) is 16.0 Å². The minimum atomic E-state index is -0.0999. The number of hydrogen-bond acceptors (Lipinski definition) is 4. The first kappa shape index (κ1) is 14.8. The molecule has 0 aliphatic heterocycles. The maximum atomic E-state index is 6.22. The number of nitrogens with zero attached hydrogens (tertiary/aromatic N) is 2. The van der Waals surface area contributed by atoms with Crippen molar-refractivity contribution >= 4 is 11.6 Å². The summed E-state index contributed by atoms with van der Waals surface area (Å²) >= 11 is 6.22. The maximum absolute atomic E-state index is 6.22. The maximum Gasteiger partial charge on any atom is 0.119 e. The standard InChI is InChI=1S/C14H19ClN4O/c1-3-19-14(12(15)9-17-19)13(18-16)8-10-5-4-6-11(7-10)20-2/h4-7,9,13,18H,3,8,16H2,1-2H3. The second kappa shape index (κ2) is 6.74. The number of benzene rings is 1. The third-order valence-corrected chi connectivity index (χ3v) is 3.53. The van der Waals surface area contributed by atoms with Crippen molar-refractivity contribution in [1.82, 2.24) is 15.2 Å². The Morgan fingerprint density at radius 2 is 2.30 bits per heavy atom. The molecule has 0 radical (unpaired) electrons. The number of hydrazine groups is 1. The van der Waals surface area contributed by atoms with Gasteiger partial charge in [-0.05, 0) is 31.0 Å². The Morgan fingerprint density at radius 3 is 2.95 bits per heavy atom. The highest BCUT2D eigenvalue weighted by Crippen LogP contribution is 2.26. The molecule has 0 spiro atoms. The molecule has 1 atom stereocenters. The molecule has 1 aromatic heterocycles. The van der Waals surface area contributed by atoms with Gasteiger partial charge in [0, 0.05) is 6.54 Å².